The molecule has 1 aromatic rings. The van der Waals surface area contributed by atoms with Gasteiger partial charge in [0.1, 0.15) is 0 Å². The number of likely N-dealkylation sites (tertiary alicyclic amines) is 2. The first-order chi connectivity index (χ1) is 14.3. The summed E-state index contributed by atoms with van der Waals surface area (Å²) in [5, 5.41) is 3.02. The van der Waals surface area contributed by atoms with Crippen molar-refractivity contribution in [2.45, 2.75) is 39.2 Å². The van der Waals surface area contributed by atoms with Gasteiger partial charge in [-0.3, -0.25) is 19.2 Å². The minimum absolute atomic E-state index is 0.0582. The number of carbonyl (C=O) groups excluding carboxylic acids is 4. The molecule has 2 saturated heterocycles. The SMILES string of the molecule is CCN1CC(C(=O)N2CCC(C)C(NC(=O)c3cccc(C(N)=O)c3)C2)CCC1=O. The number of rotatable bonds is 5. The van der Waals surface area contributed by atoms with Gasteiger partial charge in [0.05, 0.1) is 5.92 Å². The lowest BCUT2D eigenvalue weighted by Crippen LogP contribution is -2.56. The van der Waals surface area contributed by atoms with Crippen molar-refractivity contribution < 1.29 is 19.2 Å². The summed E-state index contributed by atoms with van der Waals surface area (Å²) >= 11 is 0. The van der Waals surface area contributed by atoms with E-state index in [1.165, 1.54) is 6.07 Å². The highest BCUT2D eigenvalue weighted by molar-refractivity contribution is 5.99. The second-order valence-corrected chi connectivity index (χ2v) is 8.24. The second kappa shape index (κ2) is 9.28. The second-order valence-electron chi connectivity index (χ2n) is 8.24. The molecule has 4 amide bonds. The molecular weight excluding hydrogens is 384 g/mol. The molecule has 0 radical (unpaired) electrons. The molecule has 162 valence electrons. The molecular formula is C22H30N4O4. The Bertz CT molecular complexity index is 840. The number of hydrogen-bond donors (Lipinski definition) is 2. The van der Waals surface area contributed by atoms with E-state index >= 15 is 0 Å². The number of carbonyl (C=O) groups is 4. The van der Waals surface area contributed by atoms with Gasteiger partial charge in [0, 0.05) is 49.8 Å². The highest BCUT2D eigenvalue weighted by atomic mass is 16.2. The molecule has 1 aromatic carbocycles. The van der Waals surface area contributed by atoms with E-state index in [-0.39, 0.29) is 41.2 Å². The summed E-state index contributed by atoms with van der Waals surface area (Å²) in [5.74, 6) is -0.666. The minimum atomic E-state index is -0.584. The van der Waals surface area contributed by atoms with Crippen molar-refractivity contribution in [1.82, 2.24) is 15.1 Å². The van der Waals surface area contributed by atoms with E-state index in [0.29, 0.717) is 44.6 Å². The highest BCUT2D eigenvalue weighted by Gasteiger charge is 2.36. The fourth-order valence-electron chi connectivity index (χ4n) is 4.20. The van der Waals surface area contributed by atoms with Gasteiger partial charge in [-0.15, -0.1) is 0 Å². The van der Waals surface area contributed by atoms with Crippen molar-refractivity contribution in [1.29, 1.82) is 0 Å². The summed E-state index contributed by atoms with van der Waals surface area (Å²) in [6.45, 7) is 6.16. The van der Waals surface area contributed by atoms with Gasteiger partial charge in [-0.05, 0) is 43.9 Å². The number of primary amides is 1. The predicted octanol–water partition coefficient (Wildman–Crippen LogP) is 1.01. The largest absolute Gasteiger partial charge is 0.366 e. The summed E-state index contributed by atoms with van der Waals surface area (Å²) in [6, 6.07) is 6.12. The maximum Gasteiger partial charge on any atom is 0.251 e. The molecule has 2 aliphatic heterocycles. The number of hydrogen-bond acceptors (Lipinski definition) is 4. The molecule has 3 atom stereocenters. The van der Waals surface area contributed by atoms with E-state index in [1.54, 1.807) is 23.1 Å². The zero-order valence-electron chi connectivity index (χ0n) is 17.6. The predicted molar refractivity (Wildman–Crippen MR) is 112 cm³/mol. The normalized spacial score (nSPS) is 24.5. The van der Waals surface area contributed by atoms with E-state index < -0.39 is 5.91 Å². The van der Waals surface area contributed by atoms with Crippen LogP contribution in [0, 0.1) is 11.8 Å². The molecule has 2 aliphatic rings. The molecule has 3 rings (SSSR count). The van der Waals surface area contributed by atoms with Crippen LogP contribution < -0.4 is 11.1 Å². The van der Waals surface area contributed by atoms with Gasteiger partial charge in [0.25, 0.3) is 5.91 Å². The molecule has 0 saturated carbocycles. The lowest BCUT2D eigenvalue weighted by atomic mass is 9.90. The first-order valence-corrected chi connectivity index (χ1v) is 10.6. The third-order valence-electron chi connectivity index (χ3n) is 6.23. The highest BCUT2D eigenvalue weighted by Crippen LogP contribution is 2.24. The van der Waals surface area contributed by atoms with Crippen LogP contribution in [0.5, 0.6) is 0 Å². The number of nitrogens with zero attached hydrogens (tertiary/aromatic N) is 2. The van der Waals surface area contributed by atoms with Gasteiger partial charge in [-0.1, -0.05) is 13.0 Å². The molecule has 8 nitrogen and oxygen atoms in total. The zero-order valence-corrected chi connectivity index (χ0v) is 17.6. The Morgan fingerprint density at radius 2 is 1.90 bits per heavy atom. The van der Waals surface area contributed by atoms with Crippen LogP contribution in [0.1, 0.15) is 53.8 Å². The molecule has 3 unspecified atom stereocenters. The fourth-order valence-corrected chi connectivity index (χ4v) is 4.20. The van der Waals surface area contributed by atoms with Crippen molar-refractivity contribution in [3.05, 3.63) is 35.4 Å². The number of nitrogens with one attached hydrogen (secondary N) is 1. The Morgan fingerprint density at radius 3 is 2.60 bits per heavy atom. The van der Waals surface area contributed by atoms with Crippen molar-refractivity contribution in [2.24, 2.45) is 17.6 Å². The van der Waals surface area contributed by atoms with Gasteiger partial charge in [-0.2, -0.15) is 0 Å². The average Bonchev–Trinajstić information content (AvgIpc) is 2.75. The van der Waals surface area contributed by atoms with Crippen LogP contribution in [-0.4, -0.2) is 65.6 Å². The molecule has 0 aromatic heterocycles. The van der Waals surface area contributed by atoms with Crippen LogP contribution in [0.3, 0.4) is 0 Å². The topological polar surface area (TPSA) is 113 Å². The number of piperidine rings is 2. The molecule has 0 bridgehead atoms. The van der Waals surface area contributed by atoms with Crippen molar-refractivity contribution in [3.8, 4) is 0 Å². The molecule has 30 heavy (non-hydrogen) atoms. The van der Waals surface area contributed by atoms with E-state index in [2.05, 4.69) is 12.2 Å². The Labute approximate surface area is 176 Å². The average molecular weight is 415 g/mol. The fraction of sp³-hybridized carbons (Fsp3) is 0.545. The summed E-state index contributed by atoms with van der Waals surface area (Å²) in [4.78, 5) is 52.6. The van der Waals surface area contributed by atoms with Crippen LogP contribution in [0.2, 0.25) is 0 Å². The number of nitrogens with two attached hydrogens (primary N) is 1. The molecule has 0 spiro atoms. The quantitative estimate of drug-likeness (QED) is 0.749. The van der Waals surface area contributed by atoms with Gasteiger partial charge in [0.2, 0.25) is 17.7 Å². The van der Waals surface area contributed by atoms with Crippen molar-refractivity contribution >= 4 is 23.6 Å². The summed E-state index contributed by atoms with van der Waals surface area (Å²) in [5.41, 5.74) is 5.95. The third kappa shape index (κ3) is 4.80. The van der Waals surface area contributed by atoms with E-state index in [4.69, 9.17) is 5.73 Å². The molecule has 2 fully saturated rings. The van der Waals surface area contributed by atoms with E-state index in [9.17, 15) is 19.2 Å². The Hall–Kier alpha value is -2.90. The maximum absolute atomic E-state index is 13.1. The van der Waals surface area contributed by atoms with Crippen LogP contribution in [0.4, 0.5) is 0 Å². The summed E-state index contributed by atoms with van der Waals surface area (Å²) < 4.78 is 0. The van der Waals surface area contributed by atoms with Crippen molar-refractivity contribution in [2.75, 3.05) is 26.2 Å². The monoisotopic (exact) mass is 414 g/mol. The Morgan fingerprint density at radius 1 is 1.17 bits per heavy atom. The number of benzene rings is 1. The maximum atomic E-state index is 13.1. The standard InChI is InChI=1S/C22H30N4O4/c1-3-25-12-17(7-8-19(25)27)22(30)26-10-9-14(2)18(13-26)24-21(29)16-6-4-5-15(11-16)20(23)28/h4-6,11,14,17-18H,3,7-10,12-13H2,1-2H3,(H2,23,28)(H,24,29). The van der Waals surface area contributed by atoms with Crippen LogP contribution >= 0.6 is 0 Å². The Balaban J connectivity index is 1.64. The Kier molecular flexibility index (Phi) is 6.74. The summed E-state index contributed by atoms with van der Waals surface area (Å²) in [7, 11) is 0. The van der Waals surface area contributed by atoms with Crippen LogP contribution in [-0.2, 0) is 9.59 Å². The molecule has 2 heterocycles. The lowest BCUT2D eigenvalue weighted by molar-refractivity contribution is -0.144. The van der Waals surface area contributed by atoms with E-state index in [1.807, 2.05) is 11.8 Å². The van der Waals surface area contributed by atoms with Gasteiger partial charge in [-0.25, -0.2) is 0 Å². The summed E-state index contributed by atoms with van der Waals surface area (Å²) in [6.07, 6.45) is 1.78. The van der Waals surface area contributed by atoms with Gasteiger partial charge in [0.15, 0.2) is 0 Å². The minimum Gasteiger partial charge on any atom is -0.366 e. The van der Waals surface area contributed by atoms with Crippen molar-refractivity contribution in [3.63, 3.8) is 0 Å². The first kappa shape index (κ1) is 21.8. The zero-order chi connectivity index (χ0) is 21.8. The van der Waals surface area contributed by atoms with Crippen LogP contribution in [0.15, 0.2) is 24.3 Å². The lowest BCUT2D eigenvalue weighted by Gasteiger charge is -2.40. The van der Waals surface area contributed by atoms with Gasteiger partial charge >= 0.3 is 0 Å². The van der Waals surface area contributed by atoms with E-state index in [0.717, 1.165) is 6.42 Å². The molecule has 8 heteroatoms. The van der Waals surface area contributed by atoms with Gasteiger partial charge < -0.3 is 20.9 Å². The first-order valence-electron chi connectivity index (χ1n) is 10.6. The molecule has 0 aliphatic carbocycles. The third-order valence-corrected chi connectivity index (χ3v) is 6.23. The molecule has 3 N–H and O–H groups in total. The van der Waals surface area contributed by atoms with Crippen LogP contribution in [0.25, 0.3) is 0 Å². The smallest absolute Gasteiger partial charge is 0.251 e. The number of amides is 4.